The number of hydrogen-bond acceptors (Lipinski definition) is 3. The third-order valence-corrected chi connectivity index (χ3v) is 4.22. The number of Topliss-reactive ketones (excluding diaryl/α,β-unsaturated/α-hetero) is 1. The maximum Gasteiger partial charge on any atom is 0.410 e. The van der Waals surface area contributed by atoms with Gasteiger partial charge in [-0.05, 0) is 11.1 Å². The highest BCUT2D eigenvalue weighted by Crippen LogP contribution is 2.18. The zero-order valence-electron chi connectivity index (χ0n) is 14.0. The van der Waals surface area contributed by atoms with Crippen LogP contribution >= 0.6 is 0 Å². The second-order valence-electron chi connectivity index (χ2n) is 6.06. The van der Waals surface area contributed by atoms with Crippen LogP contribution in [-0.4, -0.2) is 29.4 Å². The molecule has 0 aliphatic carbocycles. The lowest BCUT2D eigenvalue weighted by Crippen LogP contribution is -2.45. The first-order valence-corrected chi connectivity index (χ1v) is 8.44. The molecule has 1 atom stereocenters. The van der Waals surface area contributed by atoms with E-state index in [1.165, 1.54) is 0 Å². The van der Waals surface area contributed by atoms with Crippen LogP contribution in [0.3, 0.4) is 0 Å². The van der Waals surface area contributed by atoms with Gasteiger partial charge in [0.2, 0.25) is 0 Å². The first-order chi connectivity index (χ1) is 12.2. The maximum atomic E-state index is 12.5. The Balaban J connectivity index is 1.65. The molecule has 4 heteroatoms. The fourth-order valence-corrected chi connectivity index (χ4v) is 2.84. The van der Waals surface area contributed by atoms with Crippen LogP contribution in [0, 0.1) is 0 Å². The molecular formula is C21H21NO3. The molecule has 0 spiro atoms. The van der Waals surface area contributed by atoms with Crippen molar-refractivity contribution in [3.05, 3.63) is 77.9 Å². The third kappa shape index (κ3) is 4.80. The SMILES string of the molecule is O=C1CCN(C(=O)OCc2ccccc2)[C@@H](/C=C/c2ccccc2)C1. The molecular weight excluding hydrogens is 314 g/mol. The van der Waals surface area contributed by atoms with Crippen molar-refractivity contribution in [1.82, 2.24) is 4.90 Å². The number of carbonyl (C=O) groups excluding carboxylic acids is 2. The lowest BCUT2D eigenvalue weighted by molar-refractivity contribution is -0.122. The number of carbonyl (C=O) groups is 2. The van der Waals surface area contributed by atoms with Crippen molar-refractivity contribution in [3.63, 3.8) is 0 Å². The predicted octanol–water partition coefficient (Wildman–Crippen LogP) is 4.07. The molecule has 2 aromatic rings. The highest BCUT2D eigenvalue weighted by Gasteiger charge is 2.29. The Bertz CT molecular complexity index is 740. The van der Waals surface area contributed by atoms with E-state index in [9.17, 15) is 9.59 Å². The number of benzene rings is 2. The van der Waals surface area contributed by atoms with Crippen molar-refractivity contribution in [2.75, 3.05) is 6.54 Å². The Hall–Kier alpha value is -2.88. The topological polar surface area (TPSA) is 46.6 Å². The van der Waals surface area contributed by atoms with Gasteiger partial charge in [0.15, 0.2) is 0 Å². The molecule has 0 unspecified atom stereocenters. The van der Waals surface area contributed by atoms with Crippen LogP contribution in [0.4, 0.5) is 4.79 Å². The summed E-state index contributed by atoms with van der Waals surface area (Å²) in [6, 6.07) is 19.2. The summed E-state index contributed by atoms with van der Waals surface area (Å²) in [4.78, 5) is 25.9. The third-order valence-electron chi connectivity index (χ3n) is 4.22. The second kappa shape index (κ2) is 8.29. The van der Waals surface area contributed by atoms with Crippen LogP contribution < -0.4 is 0 Å². The minimum absolute atomic E-state index is 0.176. The summed E-state index contributed by atoms with van der Waals surface area (Å²) in [5.74, 6) is 0.176. The molecule has 25 heavy (non-hydrogen) atoms. The van der Waals surface area contributed by atoms with E-state index in [1.54, 1.807) is 4.90 Å². The van der Waals surface area contributed by atoms with E-state index < -0.39 is 0 Å². The van der Waals surface area contributed by atoms with E-state index in [0.29, 0.717) is 19.4 Å². The zero-order chi connectivity index (χ0) is 17.5. The molecule has 4 nitrogen and oxygen atoms in total. The van der Waals surface area contributed by atoms with Gasteiger partial charge in [-0.15, -0.1) is 0 Å². The van der Waals surface area contributed by atoms with E-state index in [2.05, 4.69) is 0 Å². The maximum absolute atomic E-state index is 12.5. The number of ketones is 1. The molecule has 1 aliphatic heterocycles. The van der Waals surface area contributed by atoms with Crippen molar-refractivity contribution in [3.8, 4) is 0 Å². The first-order valence-electron chi connectivity index (χ1n) is 8.44. The van der Waals surface area contributed by atoms with Gasteiger partial charge in [0.25, 0.3) is 0 Å². The highest BCUT2D eigenvalue weighted by molar-refractivity contribution is 5.83. The second-order valence-corrected chi connectivity index (χ2v) is 6.06. The van der Waals surface area contributed by atoms with E-state index in [1.807, 2.05) is 72.8 Å². The van der Waals surface area contributed by atoms with Gasteiger partial charge < -0.3 is 9.64 Å². The number of amides is 1. The fraction of sp³-hybridized carbons (Fsp3) is 0.238. The van der Waals surface area contributed by atoms with Gasteiger partial charge in [-0.1, -0.05) is 72.8 Å². The minimum Gasteiger partial charge on any atom is -0.445 e. The lowest BCUT2D eigenvalue weighted by atomic mass is 10.0. The highest BCUT2D eigenvalue weighted by atomic mass is 16.6. The first kappa shape index (κ1) is 17.0. The summed E-state index contributed by atoms with van der Waals surface area (Å²) in [7, 11) is 0. The Kier molecular flexibility index (Phi) is 5.62. The van der Waals surface area contributed by atoms with Crippen LogP contribution in [0.15, 0.2) is 66.7 Å². The van der Waals surface area contributed by atoms with Crippen molar-refractivity contribution in [1.29, 1.82) is 0 Å². The number of ether oxygens (including phenoxy) is 1. The van der Waals surface area contributed by atoms with Crippen LogP contribution in [0.2, 0.25) is 0 Å². The molecule has 3 rings (SSSR count). The quantitative estimate of drug-likeness (QED) is 0.846. The summed E-state index contributed by atoms with van der Waals surface area (Å²) in [6.45, 7) is 0.634. The van der Waals surface area contributed by atoms with E-state index in [0.717, 1.165) is 11.1 Å². The normalized spacial score (nSPS) is 17.7. The van der Waals surface area contributed by atoms with Crippen molar-refractivity contribution < 1.29 is 14.3 Å². The molecule has 0 bridgehead atoms. The van der Waals surface area contributed by atoms with Crippen LogP contribution in [0.1, 0.15) is 24.0 Å². The lowest BCUT2D eigenvalue weighted by Gasteiger charge is -2.32. The largest absolute Gasteiger partial charge is 0.445 e. The smallest absolute Gasteiger partial charge is 0.410 e. The average molecular weight is 335 g/mol. The molecule has 1 fully saturated rings. The fourth-order valence-electron chi connectivity index (χ4n) is 2.84. The molecule has 0 saturated carbocycles. The van der Waals surface area contributed by atoms with Crippen molar-refractivity contribution >= 4 is 18.0 Å². The Morgan fingerprint density at radius 2 is 1.76 bits per heavy atom. The molecule has 1 aliphatic rings. The predicted molar refractivity (Wildman–Crippen MR) is 96.8 cm³/mol. The van der Waals surface area contributed by atoms with Gasteiger partial charge in [-0.3, -0.25) is 4.79 Å². The number of hydrogen-bond donors (Lipinski definition) is 0. The Morgan fingerprint density at radius 1 is 1.08 bits per heavy atom. The van der Waals surface area contributed by atoms with Crippen molar-refractivity contribution in [2.45, 2.75) is 25.5 Å². The van der Waals surface area contributed by atoms with E-state index in [4.69, 9.17) is 4.74 Å². The molecule has 0 radical (unpaired) electrons. The molecule has 2 aromatic carbocycles. The summed E-state index contributed by atoms with van der Waals surface area (Å²) in [6.07, 6.45) is 4.20. The van der Waals surface area contributed by atoms with Crippen LogP contribution in [0.25, 0.3) is 6.08 Å². The Morgan fingerprint density at radius 3 is 2.48 bits per heavy atom. The van der Waals surface area contributed by atoms with E-state index in [-0.39, 0.29) is 24.5 Å². The summed E-state index contributed by atoms with van der Waals surface area (Å²) in [5.41, 5.74) is 1.98. The molecule has 1 saturated heterocycles. The van der Waals surface area contributed by atoms with Gasteiger partial charge >= 0.3 is 6.09 Å². The van der Waals surface area contributed by atoms with Gasteiger partial charge in [0.1, 0.15) is 12.4 Å². The Labute approximate surface area is 147 Å². The summed E-state index contributed by atoms with van der Waals surface area (Å²) >= 11 is 0. The van der Waals surface area contributed by atoms with Crippen LogP contribution in [-0.2, 0) is 16.1 Å². The number of likely N-dealkylation sites (tertiary alicyclic amines) is 1. The minimum atomic E-state index is -0.376. The molecule has 1 amide bonds. The van der Waals surface area contributed by atoms with Crippen molar-refractivity contribution in [2.24, 2.45) is 0 Å². The average Bonchev–Trinajstić information content (AvgIpc) is 2.66. The van der Waals surface area contributed by atoms with Gasteiger partial charge in [0, 0.05) is 19.4 Å². The number of nitrogens with zero attached hydrogens (tertiary/aromatic N) is 1. The molecule has 0 aromatic heterocycles. The molecule has 1 heterocycles. The number of piperidine rings is 1. The summed E-state index contributed by atoms with van der Waals surface area (Å²) < 4.78 is 5.43. The zero-order valence-corrected chi connectivity index (χ0v) is 14.0. The summed E-state index contributed by atoms with van der Waals surface area (Å²) in [5, 5.41) is 0. The molecule has 128 valence electrons. The number of rotatable bonds is 4. The standard InChI is InChI=1S/C21H21NO3/c23-20-13-14-22(21(24)25-16-18-9-5-2-6-10-18)19(15-20)12-11-17-7-3-1-4-8-17/h1-12,19H,13-16H2/b12-11+/t19-/m0/s1. The van der Waals surface area contributed by atoms with Gasteiger partial charge in [-0.25, -0.2) is 4.79 Å². The monoisotopic (exact) mass is 335 g/mol. The van der Waals surface area contributed by atoms with Gasteiger partial charge in [0.05, 0.1) is 6.04 Å². The molecule has 0 N–H and O–H groups in total. The van der Waals surface area contributed by atoms with E-state index >= 15 is 0 Å². The van der Waals surface area contributed by atoms with Gasteiger partial charge in [-0.2, -0.15) is 0 Å². The van der Waals surface area contributed by atoms with Crippen LogP contribution in [0.5, 0.6) is 0 Å².